The molecule has 0 aromatic heterocycles. The number of benzene rings is 1. The smallest absolute Gasteiger partial charge is 0.249 e. The molecule has 244 valence electrons. The Balaban J connectivity index is 1.68. The van der Waals surface area contributed by atoms with Crippen LogP contribution in [0.4, 0.5) is 0 Å². The van der Waals surface area contributed by atoms with Gasteiger partial charge in [0.25, 0.3) is 0 Å². The van der Waals surface area contributed by atoms with Crippen molar-refractivity contribution in [1.82, 2.24) is 20.8 Å². The molecular weight excluding hydrogens is 560 g/mol. The average molecular weight is 613 g/mol. The first-order valence-electron chi connectivity index (χ1n) is 16.5. The van der Waals surface area contributed by atoms with Crippen LogP contribution in [0.1, 0.15) is 96.0 Å². The van der Waals surface area contributed by atoms with Crippen LogP contribution in [0.15, 0.2) is 35.4 Å². The first-order chi connectivity index (χ1) is 21.4. The van der Waals surface area contributed by atoms with Gasteiger partial charge in [-0.25, -0.2) is 16.2 Å². The number of carbonyl (C=O) groups excluding carboxylic acids is 3. The highest BCUT2D eigenvalue weighted by Crippen LogP contribution is 2.37. The Morgan fingerprint density at radius 3 is 2.50 bits per heavy atom. The minimum atomic E-state index is -1.50. The van der Waals surface area contributed by atoms with Crippen LogP contribution in [0, 0.1) is 17.3 Å². The van der Waals surface area contributed by atoms with Gasteiger partial charge in [0.1, 0.15) is 24.5 Å². The second-order valence-electron chi connectivity index (χ2n) is 12.8. The fourth-order valence-electron chi connectivity index (χ4n) is 7.08. The number of ketones is 1. The molecule has 4 atom stereocenters. The van der Waals surface area contributed by atoms with Crippen molar-refractivity contribution in [3.8, 4) is 0 Å². The van der Waals surface area contributed by atoms with Gasteiger partial charge in [-0.3, -0.25) is 24.8 Å². The van der Waals surface area contributed by atoms with Gasteiger partial charge in [-0.15, -0.1) is 0 Å². The average Bonchev–Trinajstić information content (AvgIpc) is 3.49. The lowest BCUT2D eigenvalue weighted by Gasteiger charge is -2.39. The Morgan fingerprint density at radius 2 is 1.86 bits per heavy atom. The molecule has 2 amide bonds. The van der Waals surface area contributed by atoms with Crippen LogP contribution in [0.5, 0.6) is 0 Å². The Morgan fingerprint density at radius 1 is 1.11 bits per heavy atom. The number of amides is 2. The standard InChI is InChI=1S/C33H52N6O5/c1-3-20-33(32(42)36-34,22-26-15-8-5-9-16-26)30(40)29(39-24-38(2)23-35-39)27(18-12-17-25-13-6-4-7-14-25)31(41)37-44-28-19-10-11-21-43-28/h5,8-9,15-16,23,25,27-29H,3-4,6-7,10-14,17-22,24,34H2,1-2H3,(H,36,42)(H,37,41)/t27-,28?,29+,33?/m0/s1. The van der Waals surface area contributed by atoms with Crippen LogP contribution in [-0.4, -0.2) is 66.5 Å². The molecular formula is C33H52N6O5. The zero-order valence-corrected chi connectivity index (χ0v) is 26.5. The van der Waals surface area contributed by atoms with E-state index in [-0.39, 0.29) is 18.6 Å². The quantitative estimate of drug-likeness (QED) is 0.110. The van der Waals surface area contributed by atoms with Crippen molar-refractivity contribution in [2.75, 3.05) is 20.3 Å². The number of ether oxygens (including phenoxy) is 1. The number of hydrazine groups is 1. The minimum Gasteiger partial charge on any atom is -0.350 e. The SMILES string of the molecule is CCCC(Cc1ccccc1)(C(=O)NN)C(=O)[C@@H]([C@H](CCCC1CCCCC1)C(=O)NOC1CCCCO1)N1CN(C)C=N1. The Labute approximate surface area is 262 Å². The number of hydrogen-bond acceptors (Lipinski definition) is 9. The Bertz CT molecular complexity index is 1090. The molecule has 0 spiro atoms. The van der Waals surface area contributed by atoms with Gasteiger partial charge in [-0.1, -0.05) is 88.6 Å². The number of nitrogens with one attached hydrogen (secondary N) is 2. The third-order valence-corrected chi connectivity index (χ3v) is 9.42. The predicted octanol–water partition coefficient (Wildman–Crippen LogP) is 4.03. The zero-order chi connectivity index (χ0) is 31.4. The fourth-order valence-corrected chi connectivity index (χ4v) is 7.08. The summed E-state index contributed by atoms with van der Waals surface area (Å²) in [5.41, 5.74) is 4.30. The molecule has 1 aromatic carbocycles. The maximum absolute atomic E-state index is 15.1. The molecule has 44 heavy (non-hydrogen) atoms. The lowest BCUT2D eigenvalue weighted by molar-refractivity contribution is -0.203. The van der Waals surface area contributed by atoms with E-state index in [0.29, 0.717) is 38.5 Å². The molecule has 2 fully saturated rings. The normalized spacial score (nSPS) is 21.8. The lowest BCUT2D eigenvalue weighted by Crippen LogP contribution is -2.60. The van der Waals surface area contributed by atoms with Crippen LogP contribution < -0.4 is 16.7 Å². The van der Waals surface area contributed by atoms with Crippen LogP contribution in [-0.2, 0) is 30.4 Å². The molecule has 0 radical (unpaired) electrons. The number of hydrogen-bond donors (Lipinski definition) is 3. The predicted molar refractivity (Wildman–Crippen MR) is 168 cm³/mol. The molecule has 1 saturated heterocycles. The molecule has 4 rings (SSSR count). The molecule has 11 heteroatoms. The van der Waals surface area contributed by atoms with Gasteiger partial charge in [0.2, 0.25) is 11.8 Å². The van der Waals surface area contributed by atoms with E-state index >= 15 is 4.79 Å². The summed E-state index contributed by atoms with van der Waals surface area (Å²) in [6, 6.07) is 8.48. The molecule has 3 aliphatic rings. The summed E-state index contributed by atoms with van der Waals surface area (Å²) in [5.74, 6) is 4.28. The van der Waals surface area contributed by atoms with Crippen LogP contribution in [0.2, 0.25) is 0 Å². The summed E-state index contributed by atoms with van der Waals surface area (Å²) >= 11 is 0. The minimum absolute atomic E-state index is 0.163. The van der Waals surface area contributed by atoms with Crippen molar-refractivity contribution in [3.05, 3.63) is 35.9 Å². The van der Waals surface area contributed by atoms with Crippen molar-refractivity contribution >= 4 is 23.9 Å². The highest BCUT2D eigenvalue weighted by Gasteiger charge is 2.52. The van der Waals surface area contributed by atoms with E-state index in [1.807, 2.05) is 49.2 Å². The van der Waals surface area contributed by atoms with Crippen molar-refractivity contribution in [2.45, 2.75) is 109 Å². The molecule has 4 N–H and O–H groups in total. The fraction of sp³-hybridized carbons (Fsp3) is 0.697. The number of hydrazone groups is 1. The molecule has 1 aliphatic carbocycles. The highest BCUT2D eigenvalue weighted by atomic mass is 16.8. The van der Waals surface area contributed by atoms with Gasteiger partial charge in [-0.05, 0) is 43.6 Å². The molecule has 1 saturated carbocycles. The van der Waals surface area contributed by atoms with Gasteiger partial charge in [-0.2, -0.15) is 5.10 Å². The van der Waals surface area contributed by atoms with Gasteiger partial charge in [0.05, 0.1) is 5.92 Å². The molecule has 1 aromatic rings. The van der Waals surface area contributed by atoms with E-state index < -0.39 is 35.5 Å². The molecule has 2 heterocycles. The number of nitrogens with zero attached hydrogens (tertiary/aromatic N) is 3. The highest BCUT2D eigenvalue weighted by molar-refractivity contribution is 6.09. The maximum atomic E-state index is 15.1. The topological polar surface area (TPSA) is 139 Å². The molecule has 0 bridgehead atoms. The number of nitrogens with two attached hydrogens (primary N) is 1. The van der Waals surface area contributed by atoms with E-state index in [1.165, 1.54) is 32.1 Å². The van der Waals surface area contributed by atoms with Crippen molar-refractivity contribution in [2.24, 2.45) is 28.2 Å². The van der Waals surface area contributed by atoms with Crippen molar-refractivity contribution in [3.63, 3.8) is 0 Å². The summed E-state index contributed by atoms with van der Waals surface area (Å²) in [5, 5.41) is 6.22. The summed E-state index contributed by atoms with van der Waals surface area (Å²) in [6.45, 7) is 2.84. The lowest BCUT2D eigenvalue weighted by atomic mass is 9.68. The number of carbonyl (C=O) groups is 3. The molecule has 2 aliphatic heterocycles. The van der Waals surface area contributed by atoms with Crippen molar-refractivity contribution in [1.29, 1.82) is 0 Å². The molecule has 2 unspecified atom stereocenters. The monoisotopic (exact) mass is 612 g/mol. The maximum Gasteiger partial charge on any atom is 0.249 e. The summed E-state index contributed by atoms with van der Waals surface area (Å²) < 4.78 is 5.68. The third-order valence-electron chi connectivity index (χ3n) is 9.42. The second kappa shape index (κ2) is 16.9. The van der Waals surface area contributed by atoms with E-state index in [9.17, 15) is 9.59 Å². The summed E-state index contributed by atoms with van der Waals surface area (Å²) in [4.78, 5) is 50.5. The first kappa shape index (κ1) is 33.9. The van der Waals surface area contributed by atoms with E-state index in [1.54, 1.807) is 11.3 Å². The Kier molecular flexibility index (Phi) is 13.0. The van der Waals surface area contributed by atoms with E-state index in [4.69, 9.17) is 15.4 Å². The largest absolute Gasteiger partial charge is 0.350 e. The summed E-state index contributed by atoms with van der Waals surface area (Å²) in [6.07, 6.45) is 13.1. The second-order valence-corrected chi connectivity index (χ2v) is 12.8. The van der Waals surface area contributed by atoms with Crippen LogP contribution in [0.25, 0.3) is 0 Å². The van der Waals surface area contributed by atoms with Crippen LogP contribution >= 0.6 is 0 Å². The van der Waals surface area contributed by atoms with Gasteiger partial charge < -0.3 is 9.64 Å². The number of Topliss-reactive ketones (excluding diaryl/α,β-unsaturated/α-hetero) is 1. The van der Waals surface area contributed by atoms with Gasteiger partial charge in [0.15, 0.2) is 12.1 Å². The number of rotatable bonds is 16. The third kappa shape index (κ3) is 8.79. The van der Waals surface area contributed by atoms with Gasteiger partial charge in [0, 0.05) is 20.1 Å². The molecule has 11 nitrogen and oxygen atoms in total. The zero-order valence-electron chi connectivity index (χ0n) is 26.5. The number of hydroxylamine groups is 1. The Hall–Kier alpha value is -3.02. The van der Waals surface area contributed by atoms with Crippen molar-refractivity contribution < 1.29 is 24.0 Å². The van der Waals surface area contributed by atoms with Gasteiger partial charge >= 0.3 is 0 Å². The van der Waals surface area contributed by atoms with E-state index in [0.717, 1.165) is 31.2 Å². The summed E-state index contributed by atoms with van der Waals surface area (Å²) in [7, 11) is 1.86. The first-order valence-corrected chi connectivity index (χ1v) is 16.5. The van der Waals surface area contributed by atoms with E-state index in [2.05, 4.69) is 16.0 Å². The van der Waals surface area contributed by atoms with Crippen LogP contribution in [0.3, 0.4) is 0 Å².